The first-order chi connectivity index (χ1) is 24.8. The van der Waals surface area contributed by atoms with E-state index >= 15 is 0 Å². The van der Waals surface area contributed by atoms with E-state index in [-0.39, 0.29) is 55.6 Å². The second-order valence-corrected chi connectivity index (χ2v) is 14.5. The second kappa shape index (κ2) is 18.2. The van der Waals surface area contributed by atoms with E-state index in [1.165, 1.54) is 23.6 Å². The number of rotatable bonds is 16. The Morgan fingerprint density at radius 1 is 0.962 bits per heavy atom. The molecule has 5 amide bonds. The van der Waals surface area contributed by atoms with E-state index in [1.54, 1.807) is 42.5 Å². The van der Waals surface area contributed by atoms with Crippen molar-refractivity contribution in [1.29, 1.82) is 0 Å². The Kier molecular flexibility index (Phi) is 14.1. The number of ketones is 2. The minimum absolute atomic E-state index is 0.0117. The van der Waals surface area contributed by atoms with Crippen molar-refractivity contribution in [1.82, 2.24) is 20.4 Å². The zero-order chi connectivity index (χ0) is 38.1. The van der Waals surface area contributed by atoms with Crippen LogP contribution in [0.25, 0.3) is 0 Å². The van der Waals surface area contributed by atoms with Crippen LogP contribution in [0.2, 0.25) is 0 Å². The van der Waals surface area contributed by atoms with Gasteiger partial charge in [0.2, 0.25) is 23.6 Å². The number of imide groups is 1. The van der Waals surface area contributed by atoms with Crippen LogP contribution in [0.5, 0.6) is 0 Å². The van der Waals surface area contributed by atoms with Gasteiger partial charge in [0.25, 0.3) is 5.91 Å². The molecule has 1 saturated heterocycles. The summed E-state index contributed by atoms with van der Waals surface area (Å²) in [5.74, 6) is -2.76. The molecular weight excluding hydrogens is 687 g/mol. The summed E-state index contributed by atoms with van der Waals surface area (Å²) in [6.45, 7) is 5.42. The van der Waals surface area contributed by atoms with Crippen molar-refractivity contribution in [2.75, 3.05) is 43.5 Å². The molecule has 1 aliphatic heterocycles. The predicted molar refractivity (Wildman–Crippen MR) is 199 cm³/mol. The minimum Gasteiger partial charge on any atom is -0.384 e. The number of nitrogens with zero attached hydrogens (tertiary/aromatic N) is 2. The Bertz CT molecular complexity index is 1700. The van der Waals surface area contributed by atoms with Gasteiger partial charge in [0.05, 0.1) is 24.2 Å². The average Bonchev–Trinajstić information content (AvgIpc) is 3.61. The topological polar surface area (TPSA) is 214 Å². The lowest BCUT2D eigenvalue weighted by atomic mass is 9.83. The van der Waals surface area contributed by atoms with Crippen LogP contribution >= 0.6 is 11.8 Å². The summed E-state index contributed by atoms with van der Waals surface area (Å²) in [7, 11) is 0. The lowest BCUT2D eigenvalue weighted by Gasteiger charge is -2.32. The third-order valence-corrected chi connectivity index (χ3v) is 9.71. The monoisotopic (exact) mass is 735 g/mol. The zero-order valence-electron chi connectivity index (χ0n) is 30.1. The van der Waals surface area contributed by atoms with Crippen molar-refractivity contribution in [3.8, 4) is 0 Å². The van der Waals surface area contributed by atoms with Gasteiger partial charge in [-0.2, -0.15) is 11.8 Å². The van der Waals surface area contributed by atoms with Crippen LogP contribution in [0.4, 0.5) is 5.69 Å². The molecule has 2 aromatic rings. The molecule has 2 aromatic carbocycles. The summed E-state index contributed by atoms with van der Waals surface area (Å²) in [6.07, 6.45) is 3.23. The third-order valence-electron chi connectivity index (χ3n) is 9.02. The highest BCUT2D eigenvalue weighted by atomic mass is 32.2. The van der Waals surface area contributed by atoms with Crippen LogP contribution in [0, 0.1) is 5.92 Å². The van der Waals surface area contributed by atoms with Gasteiger partial charge in [-0.15, -0.1) is 0 Å². The van der Waals surface area contributed by atoms with Crippen molar-refractivity contribution in [3.05, 3.63) is 64.7 Å². The van der Waals surface area contributed by atoms with Crippen molar-refractivity contribution in [2.24, 2.45) is 17.4 Å². The van der Waals surface area contributed by atoms with Crippen molar-refractivity contribution in [3.63, 3.8) is 0 Å². The number of hydrogen-bond acceptors (Lipinski definition) is 11. The van der Waals surface area contributed by atoms with Crippen LogP contribution < -0.4 is 27.4 Å². The smallest absolute Gasteiger partial charge is 0.252 e. The maximum Gasteiger partial charge on any atom is 0.252 e. The number of nitrogens with two attached hydrogens (primary N) is 2. The number of amides is 5. The molecular formula is C37H49N7O7S. The SMILES string of the molecule is CSC[C@H](N)C(=O)NCC(=O)N[C@@H](CC(C)C)C(=O)N1CCC[C@H]1C(=O)N(CCCNc1cccc2c1C(=O)c1ccccc1C2=O)C(=O)[C@H](C)N. The van der Waals surface area contributed by atoms with Gasteiger partial charge < -0.3 is 32.3 Å². The van der Waals surface area contributed by atoms with E-state index in [4.69, 9.17) is 11.5 Å². The van der Waals surface area contributed by atoms with Crippen molar-refractivity contribution in [2.45, 2.75) is 70.6 Å². The Labute approximate surface area is 308 Å². The highest BCUT2D eigenvalue weighted by Gasteiger charge is 2.41. The van der Waals surface area contributed by atoms with Crippen LogP contribution in [-0.4, -0.2) is 113 Å². The summed E-state index contributed by atoms with van der Waals surface area (Å²) < 4.78 is 0. The summed E-state index contributed by atoms with van der Waals surface area (Å²) in [5.41, 5.74) is 13.5. The average molecular weight is 736 g/mol. The molecule has 15 heteroatoms. The number of fused-ring (bicyclic) bond motifs is 2. The molecule has 0 saturated carbocycles. The van der Waals surface area contributed by atoms with Crippen LogP contribution in [-0.2, 0) is 24.0 Å². The number of carbonyl (C=O) groups is 7. The largest absolute Gasteiger partial charge is 0.384 e. The summed E-state index contributed by atoms with van der Waals surface area (Å²) in [5, 5.41) is 8.41. The fraction of sp³-hybridized carbons (Fsp3) is 0.486. The highest BCUT2D eigenvalue weighted by Crippen LogP contribution is 2.32. The van der Waals surface area contributed by atoms with Crippen molar-refractivity contribution >= 4 is 58.6 Å². The first kappa shape index (κ1) is 40.2. The molecule has 0 bridgehead atoms. The van der Waals surface area contributed by atoms with Gasteiger partial charge in [-0.05, 0) is 50.8 Å². The lowest BCUT2D eigenvalue weighted by molar-refractivity contribution is -0.152. The molecule has 1 heterocycles. The summed E-state index contributed by atoms with van der Waals surface area (Å²) in [6, 6.07) is 8.02. The van der Waals surface area contributed by atoms with Gasteiger partial charge in [-0.25, -0.2) is 0 Å². The molecule has 2 aliphatic rings. The third kappa shape index (κ3) is 9.43. The number of thioether (sulfide) groups is 1. The van der Waals surface area contributed by atoms with Gasteiger partial charge in [0, 0.05) is 47.8 Å². The molecule has 280 valence electrons. The number of nitrogens with one attached hydrogen (secondary N) is 3. The Morgan fingerprint density at radius 2 is 1.63 bits per heavy atom. The number of hydrogen-bond donors (Lipinski definition) is 5. The van der Waals surface area contributed by atoms with Gasteiger partial charge in [-0.1, -0.05) is 50.2 Å². The quantitative estimate of drug-likeness (QED) is 0.132. The van der Waals surface area contributed by atoms with Crippen LogP contribution in [0.1, 0.15) is 78.3 Å². The Morgan fingerprint density at radius 3 is 2.29 bits per heavy atom. The van der Waals surface area contributed by atoms with Gasteiger partial charge >= 0.3 is 0 Å². The maximum atomic E-state index is 14.0. The van der Waals surface area contributed by atoms with E-state index in [1.807, 2.05) is 20.1 Å². The Balaban J connectivity index is 1.43. The van der Waals surface area contributed by atoms with Gasteiger partial charge in [0.1, 0.15) is 12.1 Å². The molecule has 1 fully saturated rings. The summed E-state index contributed by atoms with van der Waals surface area (Å²) >= 11 is 1.40. The fourth-order valence-corrected chi connectivity index (χ4v) is 7.00. The first-order valence-corrected chi connectivity index (χ1v) is 18.9. The molecule has 52 heavy (non-hydrogen) atoms. The minimum atomic E-state index is -0.987. The highest BCUT2D eigenvalue weighted by molar-refractivity contribution is 7.98. The van der Waals surface area contributed by atoms with Crippen molar-refractivity contribution < 1.29 is 33.6 Å². The van der Waals surface area contributed by atoms with Crippen LogP contribution in [0.15, 0.2) is 42.5 Å². The number of likely N-dealkylation sites (tertiary alicyclic amines) is 1. The summed E-state index contributed by atoms with van der Waals surface area (Å²) in [4.78, 5) is 95.3. The molecule has 0 aromatic heterocycles. The second-order valence-electron chi connectivity index (χ2n) is 13.5. The number of anilines is 1. The van der Waals surface area contributed by atoms with Gasteiger partial charge in [0.15, 0.2) is 11.6 Å². The Hall–Kier alpha value is -4.60. The normalized spacial score (nSPS) is 16.8. The molecule has 1 aliphatic carbocycles. The molecule has 7 N–H and O–H groups in total. The van der Waals surface area contributed by atoms with E-state index in [2.05, 4.69) is 16.0 Å². The molecule has 4 atom stereocenters. The van der Waals surface area contributed by atoms with Gasteiger partial charge in [-0.3, -0.25) is 38.5 Å². The molecule has 4 rings (SSSR count). The maximum absolute atomic E-state index is 14.0. The number of carbonyl (C=O) groups excluding carboxylic acids is 7. The standard InChI is InChI=1S/C37H49N7O7S/c1-21(2)18-28(42-30(45)19-41-34(48)26(39)20-52-4)36(50)43-16-8-14-29(43)37(51)44(35(49)22(3)38)17-9-15-40-27-13-7-12-25-31(27)33(47)24-11-6-5-10-23(24)32(25)46/h5-7,10-13,21-22,26,28-29,40H,8-9,14-20,38-39H2,1-4H3,(H,41,48)(H,42,45)/t22-,26-,28-,29-/m0/s1. The lowest BCUT2D eigenvalue weighted by Crippen LogP contribution is -2.57. The molecule has 0 unspecified atom stereocenters. The number of benzene rings is 2. The molecule has 0 spiro atoms. The zero-order valence-corrected chi connectivity index (χ0v) is 30.9. The predicted octanol–water partition coefficient (Wildman–Crippen LogP) is 1.29. The van der Waals surface area contributed by atoms with E-state index in [0.717, 1.165) is 4.90 Å². The molecule has 14 nitrogen and oxygen atoms in total. The first-order valence-electron chi connectivity index (χ1n) is 17.5. The van der Waals surface area contributed by atoms with E-state index < -0.39 is 53.7 Å². The van der Waals surface area contributed by atoms with Crippen LogP contribution in [0.3, 0.4) is 0 Å². The van der Waals surface area contributed by atoms with E-state index in [9.17, 15) is 33.6 Å². The fourth-order valence-electron chi connectivity index (χ4n) is 6.49. The molecule has 0 radical (unpaired) electrons. The van der Waals surface area contributed by atoms with E-state index in [0.29, 0.717) is 47.4 Å².